The van der Waals surface area contributed by atoms with E-state index in [9.17, 15) is 4.79 Å². The van der Waals surface area contributed by atoms with Crippen LogP contribution in [0.5, 0.6) is 0 Å². The number of nitrogens with one attached hydrogen (secondary N) is 2. The Balaban J connectivity index is 2.46. The number of carbonyl (C=O) groups is 1. The largest absolute Gasteiger partial charge is 0.382 e. The fourth-order valence-electron chi connectivity index (χ4n) is 1.35. The highest BCUT2D eigenvalue weighted by Gasteiger charge is 2.16. The molecule has 4 N–H and O–H groups in total. The molecular formula is C11H21N5OS. The van der Waals surface area contributed by atoms with Crippen molar-refractivity contribution in [2.75, 3.05) is 44.4 Å². The molecule has 18 heavy (non-hydrogen) atoms. The van der Waals surface area contributed by atoms with Crippen LogP contribution in [0.15, 0.2) is 0 Å². The molecule has 0 fully saturated rings. The van der Waals surface area contributed by atoms with Gasteiger partial charge in [-0.25, -0.2) is 4.98 Å². The van der Waals surface area contributed by atoms with E-state index in [4.69, 9.17) is 5.73 Å². The van der Waals surface area contributed by atoms with Gasteiger partial charge in [-0.05, 0) is 19.5 Å². The van der Waals surface area contributed by atoms with E-state index in [-0.39, 0.29) is 5.91 Å². The van der Waals surface area contributed by atoms with Crippen LogP contribution in [-0.4, -0.2) is 44.6 Å². The average Bonchev–Trinajstić information content (AvgIpc) is 2.71. The average molecular weight is 271 g/mol. The summed E-state index contributed by atoms with van der Waals surface area (Å²) in [6.07, 6.45) is 0.902. The number of carbonyl (C=O) groups excluding carboxylic acids is 1. The summed E-state index contributed by atoms with van der Waals surface area (Å²) in [5.41, 5.74) is 5.73. The van der Waals surface area contributed by atoms with Crippen LogP contribution in [0.25, 0.3) is 0 Å². The van der Waals surface area contributed by atoms with Gasteiger partial charge in [0, 0.05) is 20.6 Å². The van der Waals surface area contributed by atoms with Crippen molar-refractivity contribution in [3.05, 3.63) is 4.88 Å². The van der Waals surface area contributed by atoms with E-state index >= 15 is 0 Å². The predicted molar refractivity (Wildman–Crippen MR) is 76.3 cm³/mol. The maximum absolute atomic E-state index is 11.9. The molecule has 1 rings (SSSR count). The Kier molecular flexibility index (Phi) is 5.87. The van der Waals surface area contributed by atoms with E-state index in [0.29, 0.717) is 17.2 Å². The molecule has 0 aliphatic carbocycles. The van der Waals surface area contributed by atoms with Crippen LogP contribution in [0.3, 0.4) is 0 Å². The quantitative estimate of drug-likeness (QED) is 0.630. The van der Waals surface area contributed by atoms with Gasteiger partial charge in [0.2, 0.25) is 0 Å². The summed E-state index contributed by atoms with van der Waals surface area (Å²) in [6.45, 7) is 4.54. The van der Waals surface area contributed by atoms with Gasteiger partial charge in [0.1, 0.15) is 10.7 Å². The summed E-state index contributed by atoms with van der Waals surface area (Å²) in [6, 6.07) is 0. The van der Waals surface area contributed by atoms with E-state index in [1.807, 2.05) is 19.0 Å². The zero-order valence-electron chi connectivity index (χ0n) is 11.1. The summed E-state index contributed by atoms with van der Waals surface area (Å²) in [5.74, 6) is 0.155. The van der Waals surface area contributed by atoms with Crippen molar-refractivity contribution in [2.24, 2.45) is 0 Å². The molecule has 6 nitrogen and oxygen atoms in total. The Bertz CT molecular complexity index is 391. The third kappa shape index (κ3) is 4.15. The summed E-state index contributed by atoms with van der Waals surface area (Å²) in [5, 5.41) is 6.78. The highest BCUT2D eigenvalue weighted by molar-refractivity contribution is 7.18. The van der Waals surface area contributed by atoms with Crippen LogP contribution in [0.2, 0.25) is 0 Å². The van der Waals surface area contributed by atoms with Gasteiger partial charge in [-0.15, -0.1) is 0 Å². The Labute approximate surface area is 112 Å². The van der Waals surface area contributed by atoms with Crippen molar-refractivity contribution >= 4 is 28.2 Å². The molecule has 0 aliphatic heterocycles. The maximum atomic E-state index is 11.9. The monoisotopic (exact) mass is 271 g/mol. The minimum Gasteiger partial charge on any atom is -0.382 e. The number of rotatable bonds is 7. The minimum atomic E-state index is -0.144. The third-order valence-electron chi connectivity index (χ3n) is 2.30. The van der Waals surface area contributed by atoms with Crippen LogP contribution in [0, 0.1) is 0 Å². The molecule has 1 heterocycles. The number of amides is 1. The predicted octanol–water partition coefficient (Wildman–Crippen LogP) is 0.521. The Morgan fingerprint density at radius 2 is 2.17 bits per heavy atom. The normalized spacial score (nSPS) is 10.4. The molecule has 0 atom stereocenters. The number of anilines is 2. The van der Waals surface area contributed by atoms with Crippen LogP contribution >= 0.6 is 11.3 Å². The molecule has 0 bridgehead atoms. The third-order valence-corrected chi connectivity index (χ3v) is 3.53. The lowest BCUT2D eigenvalue weighted by Gasteiger charge is -2.05. The standard InChI is InChI=1S/C11H21N5OS/c1-4-13-6-5-7-14-10(17)8-9(12)15-11(18-8)16(2)3/h13H,4-7,12H2,1-3H3,(H,14,17). The summed E-state index contributed by atoms with van der Waals surface area (Å²) in [7, 11) is 3.74. The maximum Gasteiger partial charge on any atom is 0.265 e. The second kappa shape index (κ2) is 7.17. The number of nitrogens with zero attached hydrogens (tertiary/aromatic N) is 2. The molecule has 0 aromatic carbocycles. The lowest BCUT2D eigenvalue weighted by molar-refractivity contribution is 0.0958. The molecule has 0 aliphatic rings. The smallest absolute Gasteiger partial charge is 0.265 e. The minimum absolute atomic E-state index is 0.144. The molecule has 1 aromatic heterocycles. The van der Waals surface area contributed by atoms with Gasteiger partial charge in [-0.2, -0.15) is 0 Å². The van der Waals surface area contributed by atoms with E-state index < -0.39 is 0 Å². The van der Waals surface area contributed by atoms with Crippen LogP contribution in [0.4, 0.5) is 10.9 Å². The van der Waals surface area contributed by atoms with Gasteiger partial charge >= 0.3 is 0 Å². The molecular weight excluding hydrogens is 250 g/mol. The molecule has 1 amide bonds. The van der Waals surface area contributed by atoms with Gasteiger partial charge in [0.15, 0.2) is 5.13 Å². The second-order valence-electron chi connectivity index (χ2n) is 4.07. The van der Waals surface area contributed by atoms with Gasteiger partial charge in [0.25, 0.3) is 5.91 Å². The van der Waals surface area contributed by atoms with Gasteiger partial charge in [0.05, 0.1) is 0 Å². The van der Waals surface area contributed by atoms with Crippen molar-refractivity contribution in [1.82, 2.24) is 15.6 Å². The summed E-state index contributed by atoms with van der Waals surface area (Å²) in [4.78, 5) is 18.3. The number of hydrogen-bond acceptors (Lipinski definition) is 6. The van der Waals surface area contributed by atoms with Gasteiger partial charge in [-0.1, -0.05) is 18.3 Å². The fraction of sp³-hybridized carbons (Fsp3) is 0.636. The molecule has 0 saturated heterocycles. The van der Waals surface area contributed by atoms with E-state index in [0.717, 1.165) is 24.6 Å². The van der Waals surface area contributed by atoms with E-state index in [1.54, 1.807) is 0 Å². The molecule has 7 heteroatoms. The first-order chi connectivity index (χ1) is 8.56. The summed E-state index contributed by atoms with van der Waals surface area (Å²) < 4.78 is 0. The molecule has 0 spiro atoms. The van der Waals surface area contributed by atoms with E-state index in [1.165, 1.54) is 11.3 Å². The Hall–Kier alpha value is -1.34. The number of nitrogens with two attached hydrogens (primary N) is 1. The summed E-state index contributed by atoms with van der Waals surface area (Å²) >= 11 is 1.31. The molecule has 0 saturated carbocycles. The lowest BCUT2D eigenvalue weighted by atomic mass is 10.4. The van der Waals surface area contributed by atoms with Gasteiger partial charge < -0.3 is 21.3 Å². The van der Waals surface area contributed by atoms with Crippen molar-refractivity contribution in [3.8, 4) is 0 Å². The molecule has 0 radical (unpaired) electrons. The second-order valence-corrected chi connectivity index (χ2v) is 5.05. The molecule has 102 valence electrons. The SMILES string of the molecule is CCNCCCNC(=O)c1sc(N(C)C)nc1N. The van der Waals surface area contributed by atoms with E-state index in [2.05, 4.69) is 22.5 Å². The highest BCUT2D eigenvalue weighted by atomic mass is 32.1. The number of aromatic nitrogens is 1. The Morgan fingerprint density at radius 3 is 2.72 bits per heavy atom. The van der Waals surface area contributed by atoms with Crippen molar-refractivity contribution < 1.29 is 4.79 Å². The highest BCUT2D eigenvalue weighted by Crippen LogP contribution is 2.26. The topological polar surface area (TPSA) is 83.3 Å². The first-order valence-corrected chi connectivity index (χ1v) is 6.80. The van der Waals surface area contributed by atoms with Crippen molar-refractivity contribution in [2.45, 2.75) is 13.3 Å². The molecule has 1 aromatic rings. The first-order valence-electron chi connectivity index (χ1n) is 5.98. The van der Waals surface area contributed by atoms with Gasteiger partial charge in [-0.3, -0.25) is 4.79 Å². The van der Waals surface area contributed by atoms with Crippen LogP contribution < -0.4 is 21.3 Å². The first kappa shape index (κ1) is 14.7. The Morgan fingerprint density at radius 1 is 1.44 bits per heavy atom. The number of nitrogen functional groups attached to an aromatic ring is 1. The zero-order valence-corrected chi connectivity index (χ0v) is 11.9. The van der Waals surface area contributed by atoms with Crippen LogP contribution in [0.1, 0.15) is 23.0 Å². The molecule has 0 unspecified atom stereocenters. The number of hydrogen-bond donors (Lipinski definition) is 3. The zero-order chi connectivity index (χ0) is 13.5. The van der Waals surface area contributed by atoms with Crippen LogP contribution in [-0.2, 0) is 0 Å². The lowest BCUT2D eigenvalue weighted by Crippen LogP contribution is -2.27. The van der Waals surface area contributed by atoms with Crippen molar-refractivity contribution in [3.63, 3.8) is 0 Å². The fourth-order valence-corrected chi connectivity index (χ4v) is 2.17. The number of thiazole rings is 1. The van der Waals surface area contributed by atoms with Crippen molar-refractivity contribution in [1.29, 1.82) is 0 Å².